The van der Waals surface area contributed by atoms with Gasteiger partial charge in [0.15, 0.2) is 5.78 Å². The third-order valence-corrected chi connectivity index (χ3v) is 5.29. The number of Topliss-reactive ketones (excluding diaryl/α,β-unsaturated/α-hetero) is 1. The molecule has 3 rings (SSSR count). The third-order valence-electron chi connectivity index (χ3n) is 4.47. The number of carbonyl (C=O) groups excluding carboxylic acids is 1. The van der Waals surface area contributed by atoms with Crippen molar-refractivity contribution in [3.63, 3.8) is 0 Å². The Labute approximate surface area is 168 Å². The van der Waals surface area contributed by atoms with E-state index in [1.807, 2.05) is 32.9 Å². The van der Waals surface area contributed by atoms with Gasteiger partial charge in [-0.1, -0.05) is 17.8 Å². The van der Waals surface area contributed by atoms with Gasteiger partial charge in [-0.15, -0.1) is 10.2 Å². The van der Waals surface area contributed by atoms with E-state index in [1.165, 1.54) is 17.3 Å². The summed E-state index contributed by atoms with van der Waals surface area (Å²) in [5.41, 5.74) is 4.67. The zero-order chi connectivity index (χ0) is 20.3. The van der Waals surface area contributed by atoms with Crippen LogP contribution in [0.4, 0.5) is 0 Å². The molecule has 0 saturated heterocycles. The molecule has 0 aliphatic heterocycles. The molecule has 0 N–H and O–H groups in total. The van der Waals surface area contributed by atoms with E-state index in [0.29, 0.717) is 28.2 Å². The van der Waals surface area contributed by atoms with Crippen LogP contribution in [0.15, 0.2) is 40.0 Å². The van der Waals surface area contributed by atoms with Crippen LogP contribution in [0.3, 0.4) is 0 Å². The minimum atomic E-state index is 0.0356. The monoisotopic (exact) mass is 398 g/mol. The molecule has 2 aromatic carbocycles. The summed E-state index contributed by atoms with van der Waals surface area (Å²) >= 11 is 1.23. The van der Waals surface area contributed by atoms with E-state index in [4.69, 9.17) is 13.9 Å². The molecule has 0 unspecified atom stereocenters. The van der Waals surface area contributed by atoms with E-state index in [1.54, 1.807) is 32.4 Å². The van der Waals surface area contributed by atoms with Gasteiger partial charge in [-0.3, -0.25) is 4.79 Å². The molecule has 0 atom stereocenters. The van der Waals surface area contributed by atoms with Crippen LogP contribution in [-0.2, 0) is 0 Å². The van der Waals surface area contributed by atoms with Gasteiger partial charge in [0.1, 0.15) is 11.5 Å². The van der Waals surface area contributed by atoms with Gasteiger partial charge in [0, 0.05) is 17.2 Å². The van der Waals surface area contributed by atoms with Crippen LogP contribution in [0.1, 0.15) is 27.0 Å². The van der Waals surface area contributed by atoms with Crippen molar-refractivity contribution in [2.24, 2.45) is 0 Å². The van der Waals surface area contributed by atoms with Gasteiger partial charge in [-0.2, -0.15) is 0 Å². The van der Waals surface area contributed by atoms with E-state index >= 15 is 0 Å². The van der Waals surface area contributed by atoms with E-state index in [9.17, 15) is 4.79 Å². The Kier molecular flexibility index (Phi) is 6.04. The number of methoxy groups -OCH3 is 2. The van der Waals surface area contributed by atoms with Crippen molar-refractivity contribution in [1.82, 2.24) is 10.2 Å². The lowest BCUT2D eigenvalue weighted by Crippen LogP contribution is -2.06. The second-order valence-electron chi connectivity index (χ2n) is 6.44. The van der Waals surface area contributed by atoms with Gasteiger partial charge in [0.25, 0.3) is 5.22 Å². The maximum absolute atomic E-state index is 12.6. The Morgan fingerprint density at radius 3 is 2.21 bits per heavy atom. The van der Waals surface area contributed by atoms with Crippen molar-refractivity contribution >= 4 is 17.5 Å². The van der Waals surface area contributed by atoms with Crippen molar-refractivity contribution in [1.29, 1.82) is 0 Å². The Hall–Kier alpha value is -2.80. The van der Waals surface area contributed by atoms with Crippen molar-refractivity contribution in [2.75, 3.05) is 20.0 Å². The molecule has 1 heterocycles. The highest BCUT2D eigenvalue weighted by molar-refractivity contribution is 7.99. The van der Waals surface area contributed by atoms with E-state index in [0.717, 1.165) is 16.7 Å². The van der Waals surface area contributed by atoms with Crippen molar-refractivity contribution in [3.8, 4) is 23.0 Å². The number of rotatable bonds is 7. The number of nitrogens with zero attached hydrogens (tertiary/aromatic N) is 2. The fourth-order valence-electron chi connectivity index (χ4n) is 2.78. The number of ketones is 1. The molecule has 3 aromatic rings. The van der Waals surface area contributed by atoms with Gasteiger partial charge in [-0.05, 0) is 55.7 Å². The van der Waals surface area contributed by atoms with Crippen LogP contribution in [0.25, 0.3) is 11.5 Å². The second kappa shape index (κ2) is 8.48. The average molecular weight is 398 g/mol. The average Bonchev–Trinajstić information content (AvgIpc) is 3.17. The Morgan fingerprint density at radius 1 is 0.929 bits per heavy atom. The number of hydrogen-bond acceptors (Lipinski definition) is 7. The highest BCUT2D eigenvalue weighted by Gasteiger charge is 2.16. The summed E-state index contributed by atoms with van der Waals surface area (Å²) in [5, 5.41) is 8.45. The molecule has 146 valence electrons. The third kappa shape index (κ3) is 4.36. The summed E-state index contributed by atoms with van der Waals surface area (Å²) in [6.07, 6.45) is 0. The molecule has 0 bridgehead atoms. The summed E-state index contributed by atoms with van der Waals surface area (Å²) < 4.78 is 16.2. The Balaban J connectivity index is 1.73. The van der Waals surface area contributed by atoms with E-state index < -0.39 is 0 Å². The van der Waals surface area contributed by atoms with Gasteiger partial charge in [0.05, 0.1) is 20.0 Å². The molecule has 0 spiro atoms. The molecule has 28 heavy (non-hydrogen) atoms. The van der Waals surface area contributed by atoms with Crippen LogP contribution in [0.2, 0.25) is 0 Å². The summed E-state index contributed by atoms with van der Waals surface area (Å²) in [6.45, 7) is 6.00. The maximum atomic E-state index is 12.6. The van der Waals surface area contributed by atoms with Crippen LogP contribution < -0.4 is 9.47 Å². The molecule has 0 aliphatic carbocycles. The molecule has 1 aromatic heterocycles. The predicted octanol–water partition coefficient (Wildman–Crippen LogP) is 4.65. The summed E-state index contributed by atoms with van der Waals surface area (Å²) in [6, 6.07) is 9.31. The zero-order valence-electron chi connectivity index (χ0n) is 16.5. The molecule has 0 aliphatic rings. The standard InChI is InChI=1S/C21H22N2O4S/c1-12-6-14(3)18(7-13(12)2)19(24)11-28-21-23-22-20(27-21)15-8-16(25-4)10-17(9-15)26-5/h6-10H,11H2,1-5H3. The van der Waals surface area contributed by atoms with Crippen molar-refractivity contribution < 1.29 is 18.7 Å². The first-order valence-corrected chi connectivity index (χ1v) is 9.70. The number of benzene rings is 2. The topological polar surface area (TPSA) is 74.5 Å². The highest BCUT2D eigenvalue weighted by atomic mass is 32.2. The number of ether oxygens (including phenoxy) is 2. The second-order valence-corrected chi connectivity index (χ2v) is 7.36. The molecule has 0 amide bonds. The number of aryl methyl sites for hydroxylation is 3. The molecular weight excluding hydrogens is 376 g/mol. The van der Waals surface area contributed by atoms with Crippen LogP contribution in [-0.4, -0.2) is 36.0 Å². The predicted molar refractivity (Wildman–Crippen MR) is 109 cm³/mol. The highest BCUT2D eigenvalue weighted by Crippen LogP contribution is 2.30. The smallest absolute Gasteiger partial charge is 0.277 e. The summed E-state index contributed by atoms with van der Waals surface area (Å²) in [5.74, 6) is 1.86. The van der Waals surface area contributed by atoms with E-state index in [2.05, 4.69) is 10.2 Å². The van der Waals surface area contributed by atoms with Gasteiger partial charge < -0.3 is 13.9 Å². The van der Waals surface area contributed by atoms with Crippen molar-refractivity contribution in [3.05, 3.63) is 52.6 Å². The quantitative estimate of drug-likeness (QED) is 0.423. The van der Waals surface area contributed by atoms with Gasteiger partial charge >= 0.3 is 0 Å². The zero-order valence-corrected chi connectivity index (χ0v) is 17.3. The lowest BCUT2D eigenvalue weighted by atomic mass is 9.99. The fraction of sp³-hybridized carbons (Fsp3) is 0.286. The fourth-order valence-corrected chi connectivity index (χ4v) is 3.43. The van der Waals surface area contributed by atoms with E-state index in [-0.39, 0.29) is 11.5 Å². The lowest BCUT2D eigenvalue weighted by Gasteiger charge is -2.08. The van der Waals surface area contributed by atoms with Gasteiger partial charge in [0.2, 0.25) is 5.89 Å². The first-order chi connectivity index (χ1) is 13.4. The molecule has 6 nitrogen and oxygen atoms in total. The van der Waals surface area contributed by atoms with Gasteiger partial charge in [-0.25, -0.2) is 0 Å². The number of thioether (sulfide) groups is 1. The maximum Gasteiger partial charge on any atom is 0.277 e. The van der Waals surface area contributed by atoms with Crippen LogP contribution in [0, 0.1) is 20.8 Å². The number of hydrogen-bond donors (Lipinski definition) is 0. The van der Waals surface area contributed by atoms with Crippen molar-refractivity contribution in [2.45, 2.75) is 26.0 Å². The minimum absolute atomic E-state index is 0.0356. The first kappa shape index (κ1) is 19.9. The van der Waals surface area contributed by atoms with Crippen LogP contribution >= 0.6 is 11.8 Å². The largest absolute Gasteiger partial charge is 0.497 e. The van der Waals surface area contributed by atoms with Crippen LogP contribution in [0.5, 0.6) is 11.5 Å². The first-order valence-electron chi connectivity index (χ1n) is 8.72. The number of carbonyl (C=O) groups is 1. The minimum Gasteiger partial charge on any atom is -0.497 e. The molecule has 0 saturated carbocycles. The molecule has 7 heteroatoms. The lowest BCUT2D eigenvalue weighted by molar-refractivity contribution is 0.102. The molecular formula is C21H22N2O4S. The summed E-state index contributed by atoms with van der Waals surface area (Å²) in [7, 11) is 3.15. The summed E-state index contributed by atoms with van der Waals surface area (Å²) in [4.78, 5) is 12.6. The Morgan fingerprint density at radius 2 is 1.57 bits per heavy atom. The molecule has 0 fully saturated rings. The Bertz CT molecular complexity index is 991. The normalized spacial score (nSPS) is 10.8. The number of aromatic nitrogens is 2. The SMILES string of the molecule is COc1cc(OC)cc(-c2nnc(SCC(=O)c3cc(C)c(C)cc3C)o2)c1. The molecule has 0 radical (unpaired) electrons.